The van der Waals surface area contributed by atoms with Gasteiger partial charge in [-0.1, -0.05) is 6.58 Å². The zero-order valence-corrected chi connectivity index (χ0v) is 7.63. The van der Waals surface area contributed by atoms with Gasteiger partial charge in [0.25, 0.3) is 0 Å². The van der Waals surface area contributed by atoms with E-state index in [1.165, 1.54) is 36.0 Å². The van der Waals surface area contributed by atoms with Crippen molar-refractivity contribution in [3.05, 3.63) is 28.0 Å². The summed E-state index contributed by atoms with van der Waals surface area (Å²) >= 11 is 1.89. The number of aryl methyl sites for hydroxylation is 2. The van der Waals surface area contributed by atoms with Crippen LogP contribution in [-0.2, 0) is 6.42 Å². The van der Waals surface area contributed by atoms with Crippen LogP contribution in [0.5, 0.6) is 0 Å². The van der Waals surface area contributed by atoms with Crippen LogP contribution in [0.3, 0.4) is 0 Å². The fourth-order valence-electron chi connectivity index (χ4n) is 1.74. The van der Waals surface area contributed by atoms with E-state index in [1.807, 2.05) is 11.3 Å². The van der Waals surface area contributed by atoms with E-state index in [4.69, 9.17) is 0 Å². The van der Waals surface area contributed by atoms with Crippen LogP contribution in [0.4, 0.5) is 0 Å². The normalized spacial score (nSPS) is 16.6. The molecule has 0 radical (unpaired) electrons. The molecule has 0 bridgehead atoms. The number of allylic oxidation sites excluding steroid dienone is 1. The first-order valence-electron chi connectivity index (χ1n) is 4.04. The second-order valence-corrected chi connectivity index (χ2v) is 4.14. The van der Waals surface area contributed by atoms with E-state index < -0.39 is 0 Å². The Morgan fingerprint density at radius 3 is 3.00 bits per heavy atom. The lowest BCUT2D eigenvalue weighted by Gasteiger charge is -2.14. The van der Waals surface area contributed by atoms with Crippen molar-refractivity contribution in [1.82, 2.24) is 0 Å². The maximum atomic E-state index is 4.10. The summed E-state index contributed by atoms with van der Waals surface area (Å²) in [4.78, 5) is 1.55. The van der Waals surface area contributed by atoms with Crippen molar-refractivity contribution >= 4 is 16.9 Å². The first-order chi connectivity index (χ1) is 5.29. The van der Waals surface area contributed by atoms with Crippen LogP contribution in [0.15, 0.2) is 12.0 Å². The Morgan fingerprint density at radius 2 is 2.27 bits per heavy atom. The minimum Gasteiger partial charge on any atom is -0.148 e. The molecule has 1 heterocycles. The van der Waals surface area contributed by atoms with Gasteiger partial charge in [-0.25, -0.2) is 0 Å². The van der Waals surface area contributed by atoms with Crippen molar-refractivity contribution in [2.45, 2.75) is 26.2 Å². The zero-order chi connectivity index (χ0) is 7.84. The van der Waals surface area contributed by atoms with Gasteiger partial charge in [-0.2, -0.15) is 0 Å². The summed E-state index contributed by atoms with van der Waals surface area (Å²) in [5.41, 5.74) is 4.25. The average Bonchev–Trinajstić information content (AvgIpc) is 2.34. The van der Waals surface area contributed by atoms with Crippen LogP contribution in [0.2, 0.25) is 0 Å². The van der Waals surface area contributed by atoms with Gasteiger partial charge in [0.2, 0.25) is 0 Å². The van der Waals surface area contributed by atoms with Crippen molar-refractivity contribution in [1.29, 1.82) is 0 Å². The molecule has 0 nitrogen and oxygen atoms in total. The Bertz CT molecular complexity index is 294. The molecule has 0 aromatic carbocycles. The lowest BCUT2D eigenvalue weighted by atomic mass is 9.92. The Morgan fingerprint density at radius 1 is 1.45 bits per heavy atom. The van der Waals surface area contributed by atoms with Gasteiger partial charge in [0.05, 0.1) is 0 Å². The maximum Gasteiger partial charge on any atom is 0.0123 e. The van der Waals surface area contributed by atoms with Crippen molar-refractivity contribution in [2.24, 2.45) is 0 Å². The predicted octanol–water partition coefficient (Wildman–Crippen LogP) is 3.41. The molecule has 1 aromatic rings. The Kier molecular flexibility index (Phi) is 1.61. The third-order valence-electron chi connectivity index (χ3n) is 2.29. The lowest BCUT2D eigenvalue weighted by molar-refractivity contribution is 0.837. The molecule has 0 saturated heterocycles. The van der Waals surface area contributed by atoms with E-state index in [9.17, 15) is 0 Å². The van der Waals surface area contributed by atoms with E-state index in [2.05, 4.69) is 18.9 Å². The largest absolute Gasteiger partial charge is 0.148 e. The molecule has 0 fully saturated rings. The van der Waals surface area contributed by atoms with Crippen LogP contribution >= 0.6 is 11.3 Å². The van der Waals surface area contributed by atoms with Crippen LogP contribution in [-0.4, -0.2) is 0 Å². The summed E-state index contributed by atoms with van der Waals surface area (Å²) in [6, 6.07) is 0. The SMILES string of the molecule is C=C1CCCc2scc(C)c21. The molecule has 2 rings (SSSR count). The fourth-order valence-corrected chi connectivity index (χ4v) is 2.87. The van der Waals surface area contributed by atoms with Crippen molar-refractivity contribution < 1.29 is 0 Å². The summed E-state index contributed by atoms with van der Waals surface area (Å²) in [5.74, 6) is 0. The first kappa shape index (κ1) is 7.11. The lowest BCUT2D eigenvalue weighted by Crippen LogP contribution is -1.97. The highest BCUT2D eigenvalue weighted by atomic mass is 32.1. The van der Waals surface area contributed by atoms with Crippen molar-refractivity contribution in [3.63, 3.8) is 0 Å². The summed E-state index contributed by atoms with van der Waals surface area (Å²) in [5, 5.41) is 2.25. The van der Waals surface area contributed by atoms with Gasteiger partial charge in [-0.3, -0.25) is 0 Å². The minimum atomic E-state index is 1.20. The maximum absolute atomic E-state index is 4.10. The first-order valence-corrected chi connectivity index (χ1v) is 4.92. The Hall–Kier alpha value is -0.560. The molecular formula is C10H12S. The van der Waals surface area contributed by atoms with Gasteiger partial charge in [-0.15, -0.1) is 11.3 Å². The molecule has 0 N–H and O–H groups in total. The molecule has 0 amide bonds. The molecule has 0 spiro atoms. The summed E-state index contributed by atoms with van der Waals surface area (Å²) in [6.45, 7) is 6.28. The molecule has 11 heavy (non-hydrogen) atoms. The van der Waals surface area contributed by atoms with Gasteiger partial charge >= 0.3 is 0 Å². The molecule has 1 aliphatic rings. The fraction of sp³-hybridized carbons (Fsp3) is 0.400. The van der Waals surface area contributed by atoms with Crippen molar-refractivity contribution in [3.8, 4) is 0 Å². The standard InChI is InChI=1S/C10H12S/c1-7-4-3-5-9-10(7)8(2)6-11-9/h6H,1,3-5H2,2H3. The van der Waals surface area contributed by atoms with Crippen LogP contribution in [0.25, 0.3) is 5.57 Å². The van der Waals surface area contributed by atoms with Gasteiger partial charge in [0.1, 0.15) is 0 Å². The molecular weight excluding hydrogens is 152 g/mol. The smallest absolute Gasteiger partial charge is 0.0123 e. The average molecular weight is 164 g/mol. The third-order valence-corrected chi connectivity index (χ3v) is 3.45. The van der Waals surface area contributed by atoms with Gasteiger partial charge < -0.3 is 0 Å². The van der Waals surface area contributed by atoms with E-state index in [0.29, 0.717) is 0 Å². The summed E-state index contributed by atoms with van der Waals surface area (Å²) < 4.78 is 0. The monoisotopic (exact) mass is 164 g/mol. The van der Waals surface area contributed by atoms with Gasteiger partial charge in [0.15, 0.2) is 0 Å². The van der Waals surface area contributed by atoms with Crippen LogP contribution in [0, 0.1) is 6.92 Å². The molecule has 0 unspecified atom stereocenters. The summed E-state index contributed by atoms with van der Waals surface area (Å²) in [6.07, 6.45) is 3.77. The topological polar surface area (TPSA) is 0 Å². The highest BCUT2D eigenvalue weighted by molar-refractivity contribution is 7.10. The van der Waals surface area contributed by atoms with Crippen molar-refractivity contribution in [2.75, 3.05) is 0 Å². The molecule has 58 valence electrons. The highest BCUT2D eigenvalue weighted by Crippen LogP contribution is 2.35. The Balaban J connectivity index is 2.56. The summed E-state index contributed by atoms with van der Waals surface area (Å²) in [7, 11) is 0. The number of rotatable bonds is 0. The number of hydrogen-bond acceptors (Lipinski definition) is 1. The molecule has 1 aliphatic carbocycles. The second kappa shape index (κ2) is 2.49. The second-order valence-electron chi connectivity index (χ2n) is 3.17. The molecule has 0 atom stereocenters. The molecule has 0 aliphatic heterocycles. The van der Waals surface area contributed by atoms with E-state index >= 15 is 0 Å². The minimum absolute atomic E-state index is 1.20. The zero-order valence-electron chi connectivity index (χ0n) is 6.81. The Labute approximate surface area is 71.6 Å². The van der Waals surface area contributed by atoms with E-state index in [0.717, 1.165) is 0 Å². The van der Waals surface area contributed by atoms with E-state index in [-0.39, 0.29) is 0 Å². The third kappa shape index (κ3) is 1.04. The highest BCUT2D eigenvalue weighted by Gasteiger charge is 2.15. The predicted molar refractivity (Wildman–Crippen MR) is 51.0 cm³/mol. The molecule has 0 saturated carbocycles. The van der Waals surface area contributed by atoms with Gasteiger partial charge in [0, 0.05) is 4.88 Å². The number of hydrogen-bond donors (Lipinski definition) is 0. The van der Waals surface area contributed by atoms with E-state index in [1.54, 1.807) is 4.88 Å². The quantitative estimate of drug-likeness (QED) is 0.551. The number of fused-ring (bicyclic) bond motifs is 1. The van der Waals surface area contributed by atoms with Crippen LogP contribution in [0.1, 0.15) is 28.8 Å². The van der Waals surface area contributed by atoms with Gasteiger partial charge in [-0.05, 0) is 48.3 Å². The van der Waals surface area contributed by atoms with Crippen LogP contribution < -0.4 is 0 Å². The molecule has 1 aromatic heterocycles. The molecule has 1 heteroatoms. The number of thiophene rings is 1.